The van der Waals surface area contributed by atoms with Crippen molar-refractivity contribution in [1.82, 2.24) is 19.8 Å². The number of aliphatic hydroxyl groups is 1. The molecule has 2 saturated heterocycles. The van der Waals surface area contributed by atoms with Crippen LogP contribution in [0, 0.1) is 11.8 Å². The maximum absolute atomic E-state index is 10.2. The third-order valence-electron chi connectivity index (χ3n) is 6.89. The van der Waals surface area contributed by atoms with E-state index in [0.29, 0.717) is 12.0 Å². The molecule has 1 aromatic heterocycles. The van der Waals surface area contributed by atoms with Gasteiger partial charge < -0.3 is 5.11 Å². The van der Waals surface area contributed by atoms with Gasteiger partial charge in [-0.3, -0.25) is 9.80 Å². The Hall–Kier alpha value is -3.04. The Balaban J connectivity index is 1.32. The second-order valence-corrected chi connectivity index (χ2v) is 9.01. The van der Waals surface area contributed by atoms with Gasteiger partial charge in [-0.25, -0.2) is 9.97 Å². The molecule has 168 valence electrons. The second kappa shape index (κ2) is 10.3. The van der Waals surface area contributed by atoms with Crippen molar-refractivity contribution in [3.05, 3.63) is 95.6 Å². The number of benzene rings is 2. The number of aromatic nitrogens is 2. The Morgan fingerprint density at radius 1 is 0.879 bits per heavy atom. The number of rotatable bonds is 4. The lowest BCUT2D eigenvalue weighted by Crippen LogP contribution is -2.67. The van der Waals surface area contributed by atoms with Crippen LogP contribution in [0.15, 0.2) is 73.3 Å². The number of fused-ring (bicyclic) bond motifs is 1. The van der Waals surface area contributed by atoms with Crippen LogP contribution in [0.5, 0.6) is 0 Å². The summed E-state index contributed by atoms with van der Waals surface area (Å²) in [5.74, 6) is 6.83. The molecule has 2 fully saturated rings. The van der Waals surface area contributed by atoms with E-state index in [1.165, 1.54) is 12.0 Å². The van der Waals surface area contributed by atoms with Gasteiger partial charge in [0.15, 0.2) is 0 Å². The van der Waals surface area contributed by atoms with Crippen LogP contribution < -0.4 is 0 Å². The van der Waals surface area contributed by atoms with Crippen LogP contribution in [0.2, 0.25) is 0 Å². The first-order chi connectivity index (χ1) is 16.3. The molecule has 2 aromatic carbocycles. The first-order valence-corrected chi connectivity index (χ1v) is 11.8. The van der Waals surface area contributed by atoms with Crippen LogP contribution in [0.25, 0.3) is 0 Å². The van der Waals surface area contributed by atoms with Gasteiger partial charge in [-0.05, 0) is 55.8 Å². The van der Waals surface area contributed by atoms with Crippen LogP contribution in [0.1, 0.15) is 41.0 Å². The molecule has 0 amide bonds. The number of aliphatic hydroxyl groups excluding tert-OH is 1. The molecule has 5 rings (SSSR count). The highest BCUT2D eigenvalue weighted by Gasteiger charge is 2.48. The molecular formula is C28H30N4O. The van der Waals surface area contributed by atoms with Gasteiger partial charge in [0, 0.05) is 60.2 Å². The van der Waals surface area contributed by atoms with E-state index in [1.807, 2.05) is 42.7 Å². The lowest BCUT2D eigenvalue weighted by molar-refractivity contribution is -0.0655. The predicted octanol–water partition coefficient (Wildman–Crippen LogP) is 3.30. The van der Waals surface area contributed by atoms with Crippen molar-refractivity contribution in [2.45, 2.75) is 37.4 Å². The highest BCUT2D eigenvalue weighted by atomic mass is 16.3. The zero-order valence-electron chi connectivity index (χ0n) is 18.8. The van der Waals surface area contributed by atoms with Crippen molar-refractivity contribution >= 4 is 0 Å². The van der Waals surface area contributed by atoms with Crippen LogP contribution in [0.3, 0.4) is 0 Å². The van der Waals surface area contributed by atoms with Gasteiger partial charge in [-0.2, -0.15) is 0 Å². The van der Waals surface area contributed by atoms with Crippen molar-refractivity contribution in [3.8, 4) is 11.8 Å². The molecule has 33 heavy (non-hydrogen) atoms. The normalized spacial score (nSPS) is 23.4. The first-order valence-electron chi connectivity index (χ1n) is 11.8. The molecule has 1 N–H and O–H groups in total. The molecule has 0 bridgehead atoms. The lowest BCUT2D eigenvalue weighted by atomic mass is 9.74. The smallest absolute Gasteiger partial charge is 0.115 e. The van der Waals surface area contributed by atoms with Gasteiger partial charge in [0.1, 0.15) is 6.33 Å². The number of nitrogens with zero attached hydrogens (tertiary/aromatic N) is 4. The SMILES string of the molecule is OC[C@H]1[C@H](c2ccc(C#Cc3ccccc3)cc2)[C@@H]2CN(Cc3cncnc3)CCCCN12. The molecule has 2 aliphatic heterocycles. The molecule has 2 aliphatic rings. The average Bonchev–Trinajstić information content (AvgIpc) is 2.85. The molecule has 3 aromatic rings. The minimum Gasteiger partial charge on any atom is -0.395 e. The summed E-state index contributed by atoms with van der Waals surface area (Å²) in [6, 6.07) is 19.3. The van der Waals surface area contributed by atoms with Crippen molar-refractivity contribution in [1.29, 1.82) is 0 Å². The van der Waals surface area contributed by atoms with Crippen LogP contribution in [-0.2, 0) is 6.54 Å². The Bertz CT molecular complexity index is 1090. The summed E-state index contributed by atoms with van der Waals surface area (Å²) in [5, 5.41) is 10.2. The Morgan fingerprint density at radius 2 is 1.58 bits per heavy atom. The summed E-state index contributed by atoms with van der Waals surface area (Å²) < 4.78 is 0. The molecule has 0 spiro atoms. The average molecular weight is 439 g/mol. The summed E-state index contributed by atoms with van der Waals surface area (Å²) in [7, 11) is 0. The number of hydrogen-bond acceptors (Lipinski definition) is 5. The van der Waals surface area contributed by atoms with Crippen molar-refractivity contribution in [2.75, 3.05) is 26.2 Å². The van der Waals surface area contributed by atoms with Gasteiger partial charge in [0.25, 0.3) is 0 Å². The minimum atomic E-state index is 0.191. The highest BCUT2D eigenvalue weighted by molar-refractivity contribution is 5.44. The molecule has 3 heterocycles. The molecule has 5 nitrogen and oxygen atoms in total. The molecule has 0 saturated carbocycles. The van der Waals surface area contributed by atoms with Crippen molar-refractivity contribution in [3.63, 3.8) is 0 Å². The second-order valence-electron chi connectivity index (χ2n) is 9.01. The van der Waals surface area contributed by atoms with E-state index in [2.05, 4.69) is 55.9 Å². The summed E-state index contributed by atoms with van der Waals surface area (Å²) in [6.45, 7) is 4.21. The van der Waals surface area contributed by atoms with E-state index < -0.39 is 0 Å². The maximum atomic E-state index is 10.2. The largest absolute Gasteiger partial charge is 0.395 e. The Labute approximate surface area is 196 Å². The number of hydrogen-bond donors (Lipinski definition) is 1. The summed E-state index contributed by atoms with van der Waals surface area (Å²) in [5.41, 5.74) is 4.49. The fourth-order valence-electron chi connectivity index (χ4n) is 5.28. The minimum absolute atomic E-state index is 0.191. The van der Waals surface area contributed by atoms with Crippen LogP contribution >= 0.6 is 0 Å². The topological polar surface area (TPSA) is 52.5 Å². The van der Waals surface area contributed by atoms with Crippen LogP contribution in [0.4, 0.5) is 0 Å². The summed E-state index contributed by atoms with van der Waals surface area (Å²) in [4.78, 5) is 13.4. The van der Waals surface area contributed by atoms with Gasteiger partial charge in [-0.15, -0.1) is 0 Å². The van der Waals surface area contributed by atoms with Gasteiger partial charge in [0.2, 0.25) is 0 Å². The predicted molar refractivity (Wildman–Crippen MR) is 130 cm³/mol. The van der Waals surface area contributed by atoms with Crippen molar-refractivity contribution in [2.24, 2.45) is 0 Å². The van der Waals surface area contributed by atoms with E-state index in [0.717, 1.165) is 49.3 Å². The third kappa shape index (κ3) is 4.99. The third-order valence-corrected chi connectivity index (χ3v) is 6.89. The maximum Gasteiger partial charge on any atom is 0.115 e. The fraction of sp³-hybridized carbons (Fsp3) is 0.357. The van der Waals surface area contributed by atoms with Crippen molar-refractivity contribution < 1.29 is 5.11 Å². The quantitative estimate of drug-likeness (QED) is 0.634. The van der Waals surface area contributed by atoms with Gasteiger partial charge in [-0.1, -0.05) is 42.2 Å². The Morgan fingerprint density at radius 3 is 2.30 bits per heavy atom. The summed E-state index contributed by atoms with van der Waals surface area (Å²) >= 11 is 0. The Kier molecular flexibility index (Phi) is 6.78. The fourth-order valence-corrected chi connectivity index (χ4v) is 5.28. The van der Waals surface area contributed by atoms with Gasteiger partial charge in [0.05, 0.1) is 6.61 Å². The standard InChI is InChI=1S/C28H30N4O/c33-20-27-28(25-12-10-23(11-13-25)9-8-22-6-2-1-3-7-22)26-19-31(14-4-5-15-32(26)27)18-24-16-29-21-30-17-24/h1-3,6-7,10-13,16-17,21,26-28,33H,4-5,14-15,18-20H2/t26-,27-,28+/m0/s1. The zero-order chi connectivity index (χ0) is 22.5. The molecular weight excluding hydrogens is 408 g/mol. The molecule has 0 aliphatic carbocycles. The summed E-state index contributed by atoms with van der Waals surface area (Å²) in [6.07, 6.45) is 7.74. The van der Waals surface area contributed by atoms with Crippen LogP contribution in [-0.4, -0.2) is 63.2 Å². The van der Waals surface area contributed by atoms with E-state index in [4.69, 9.17) is 0 Å². The molecule has 3 atom stereocenters. The first kappa shape index (κ1) is 21.8. The van der Waals surface area contributed by atoms with E-state index in [1.54, 1.807) is 6.33 Å². The van der Waals surface area contributed by atoms with Gasteiger partial charge >= 0.3 is 0 Å². The van der Waals surface area contributed by atoms with E-state index in [-0.39, 0.29) is 12.6 Å². The van der Waals surface area contributed by atoms with E-state index >= 15 is 0 Å². The highest BCUT2D eigenvalue weighted by Crippen LogP contribution is 2.42. The molecule has 0 radical (unpaired) electrons. The molecule has 5 heteroatoms. The monoisotopic (exact) mass is 438 g/mol. The molecule has 0 unspecified atom stereocenters. The zero-order valence-corrected chi connectivity index (χ0v) is 18.8. The lowest BCUT2D eigenvalue weighted by Gasteiger charge is -2.57. The van der Waals surface area contributed by atoms with E-state index in [9.17, 15) is 5.11 Å².